The van der Waals surface area contributed by atoms with Crippen molar-refractivity contribution in [2.45, 2.75) is 23.1 Å². The van der Waals surface area contributed by atoms with Gasteiger partial charge >= 0.3 is 0 Å². The third-order valence-corrected chi connectivity index (χ3v) is 2.87. The Kier molecular flexibility index (Phi) is 3.03. The smallest absolute Gasteiger partial charge is 0.188 e. The van der Waals surface area contributed by atoms with Gasteiger partial charge in [-0.1, -0.05) is 23.9 Å². The van der Waals surface area contributed by atoms with Gasteiger partial charge in [0.25, 0.3) is 0 Å². The van der Waals surface area contributed by atoms with Crippen LogP contribution < -0.4 is 0 Å². The Hall–Kier alpha value is -1.33. The van der Waals surface area contributed by atoms with E-state index in [4.69, 9.17) is 0 Å². The molecule has 0 saturated heterocycles. The van der Waals surface area contributed by atoms with Crippen LogP contribution in [0.2, 0.25) is 0 Å². The van der Waals surface area contributed by atoms with Crippen molar-refractivity contribution in [3.05, 3.63) is 36.2 Å². The Labute approximate surface area is 91.8 Å². The molecule has 2 rings (SSSR count). The predicted molar refractivity (Wildman–Crippen MR) is 57.6 cm³/mol. The van der Waals surface area contributed by atoms with Crippen molar-refractivity contribution in [2.75, 3.05) is 0 Å². The van der Waals surface area contributed by atoms with Gasteiger partial charge in [-0.05, 0) is 24.6 Å². The van der Waals surface area contributed by atoms with E-state index in [9.17, 15) is 5.11 Å². The second-order valence-electron chi connectivity index (χ2n) is 3.14. The molecule has 0 aliphatic rings. The van der Waals surface area contributed by atoms with Crippen LogP contribution in [0, 0.1) is 0 Å². The quantitative estimate of drug-likeness (QED) is 0.832. The van der Waals surface area contributed by atoms with E-state index in [1.54, 1.807) is 6.92 Å². The van der Waals surface area contributed by atoms with Crippen LogP contribution >= 0.6 is 11.8 Å². The van der Waals surface area contributed by atoms with E-state index in [1.165, 1.54) is 18.1 Å². The van der Waals surface area contributed by atoms with Gasteiger partial charge < -0.3 is 5.11 Å². The number of nitrogens with zero attached hydrogens (tertiary/aromatic N) is 2. The normalized spacial score (nSPS) is 12.7. The van der Waals surface area contributed by atoms with Gasteiger partial charge in [-0.25, -0.2) is 4.98 Å². The molecule has 0 saturated carbocycles. The molecule has 1 atom stereocenters. The summed E-state index contributed by atoms with van der Waals surface area (Å²) in [6, 6.07) is 7.72. The van der Waals surface area contributed by atoms with Gasteiger partial charge in [0.1, 0.15) is 6.33 Å². The summed E-state index contributed by atoms with van der Waals surface area (Å²) in [7, 11) is 0. The number of hydrogen-bond acceptors (Lipinski definition) is 4. The summed E-state index contributed by atoms with van der Waals surface area (Å²) < 4.78 is 0. The first-order chi connectivity index (χ1) is 7.25. The molecule has 0 aliphatic carbocycles. The molecule has 15 heavy (non-hydrogen) atoms. The molecule has 1 aromatic heterocycles. The lowest BCUT2D eigenvalue weighted by molar-refractivity contribution is 0.199. The van der Waals surface area contributed by atoms with Crippen LogP contribution in [0.5, 0.6) is 0 Å². The second kappa shape index (κ2) is 4.46. The predicted octanol–water partition coefficient (Wildman–Crippen LogP) is 2.01. The third kappa shape index (κ3) is 2.57. The molecule has 1 heterocycles. The molecule has 2 aromatic rings. The van der Waals surface area contributed by atoms with Gasteiger partial charge in [-0.15, -0.1) is 0 Å². The average molecular weight is 221 g/mol. The van der Waals surface area contributed by atoms with Crippen molar-refractivity contribution in [3.8, 4) is 0 Å². The standard InChI is InChI=1S/C10H11N3OS/c1-7(14)8-2-4-9(5-3-8)15-10-11-6-12-13-10/h2-7,14H,1H3,(H,11,12,13)/t7-/m1/s1. The zero-order chi connectivity index (χ0) is 10.7. The fourth-order valence-corrected chi connectivity index (χ4v) is 1.86. The van der Waals surface area contributed by atoms with Crippen molar-refractivity contribution in [1.29, 1.82) is 0 Å². The van der Waals surface area contributed by atoms with Crippen molar-refractivity contribution in [1.82, 2.24) is 15.2 Å². The van der Waals surface area contributed by atoms with E-state index in [-0.39, 0.29) is 0 Å². The Bertz CT molecular complexity index is 411. The highest BCUT2D eigenvalue weighted by Gasteiger charge is 2.02. The van der Waals surface area contributed by atoms with Gasteiger partial charge in [-0.2, -0.15) is 5.10 Å². The number of aliphatic hydroxyl groups is 1. The van der Waals surface area contributed by atoms with Gasteiger partial charge in [0, 0.05) is 4.90 Å². The highest BCUT2D eigenvalue weighted by Crippen LogP contribution is 2.25. The number of nitrogens with one attached hydrogen (secondary N) is 1. The van der Waals surface area contributed by atoms with E-state index in [1.807, 2.05) is 24.3 Å². The molecule has 0 amide bonds. The van der Waals surface area contributed by atoms with Crippen molar-refractivity contribution in [3.63, 3.8) is 0 Å². The first-order valence-electron chi connectivity index (χ1n) is 4.57. The lowest BCUT2D eigenvalue weighted by Gasteiger charge is -2.04. The molecular formula is C10H11N3OS. The monoisotopic (exact) mass is 221 g/mol. The van der Waals surface area contributed by atoms with E-state index in [0.717, 1.165) is 15.6 Å². The minimum absolute atomic E-state index is 0.422. The van der Waals surface area contributed by atoms with Crippen LogP contribution in [-0.4, -0.2) is 20.3 Å². The number of benzene rings is 1. The van der Waals surface area contributed by atoms with Crippen molar-refractivity contribution in [2.24, 2.45) is 0 Å². The molecule has 0 radical (unpaired) electrons. The molecular weight excluding hydrogens is 210 g/mol. The zero-order valence-corrected chi connectivity index (χ0v) is 9.03. The third-order valence-electron chi connectivity index (χ3n) is 1.97. The number of H-pyrrole nitrogens is 1. The number of hydrogen-bond donors (Lipinski definition) is 2. The average Bonchev–Trinajstić information content (AvgIpc) is 2.71. The minimum atomic E-state index is -0.422. The van der Waals surface area contributed by atoms with E-state index in [2.05, 4.69) is 15.2 Å². The summed E-state index contributed by atoms with van der Waals surface area (Å²) in [5.41, 5.74) is 0.914. The maximum atomic E-state index is 9.34. The Balaban J connectivity index is 2.11. The molecule has 0 unspecified atom stereocenters. The van der Waals surface area contributed by atoms with Crippen LogP contribution in [0.25, 0.3) is 0 Å². The molecule has 0 spiro atoms. The molecule has 2 N–H and O–H groups in total. The maximum absolute atomic E-state index is 9.34. The summed E-state index contributed by atoms with van der Waals surface area (Å²) >= 11 is 1.50. The molecule has 1 aromatic carbocycles. The first-order valence-corrected chi connectivity index (χ1v) is 5.38. The van der Waals surface area contributed by atoms with E-state index < -0.39 is 6.10 Å². The molecule has 0 aliphatic heterocycles. The zero-order valence-electron chi connectivity index (χ0n) is 8.21. The van der Waals surface area contributed by atoms with Crippen LogP contribution in [0.3, 0.4) is 0 Å². The fourth-order valence-electron chi connectivity index (χ4n) is 1.17. The maximum Gasteiger partial charge on any atom is 0.188 e. The van der Waals surface area contributed by atoms with Gasteiger partial charge in [-0.3, -0.25) is 5.10 Å². The Morgan fingerprint density at radius 2 is 2.07 bits per heavy atom. The number of aliphatic hydroxyl groups excluding tert-OH is 1. The minimum Gasteiger partial charge on any atom is -0.389 e. The van der Waals surface area contributed by atoms with Crippen LogP contribution in [-0.2, 0) is 0 Å². The second-order valence-corrected chi connectivity index (χ2v) is 4.20. The van der Waals surface area contributed by atoms with Gasteiger partial charge in [0.05, 0.1) is 6.10 Å². The Morgan fingerprint density at radius 3 is 2.60 bits per heavy atom. The first kappa shape index (κ1) is 10.2. The molecule has 0 bridgehead atoms. The van der Waals surface area contributed by atoms with Crippen LogP contribution in [0.1, 0.15) is 18.6 Å². The summed E-state index contributed by atoms with van der Waals surface area (Å²) in [6.45, 7) is 1.75. The topological polar surface area (TPSA) is 61.8 Å². The number of aromatic nitrogens is 3. The molecule has 78 valence electrons. The molecule has 5 heteroatoms. The molecule has 0 fully saturated rings. The summed E-state index contributed by atoms with van der Waals surface area (Å²) in [6.07, 6.45) is 1.06. The van der Waals surface area contributed by atoms with Gasteiger partial charge in [0.15, 0.2) is 5.16 Å². The highest BCUT2D eigenvalue weighted by molar-refractivity contribution is 7.99. The van der Waals surface area contributed by atoms with Crippen LogP contribution in [0.4, 0.5) is 0 Å². The van der Waals surface area contributed by atoms with E-state index >= 15 is 0 Å². The summed E-state index contributed by atoms with van der Waals surface area (Å²) in [4.78, 5) is 5.08. The van der Waals surface area contributed by atoms with E-state index in [0.29, 0.717) is 0 Å². The van der Waals surface area contributed by atoms with Crippen molar-refractivity contribution < 1.29 is 5.11 Å². The lowest BCUT2D eigenvalue weighted by atomic mass is 10.1. The number of aromatic amines is 1. The molecule has 4 nitrogen and oxygen atoms in total. The summed E-state index contributed by atoms with van der Waals surface area (Å²) in [5.74, 6) is 0. The highest BCUT2D eigenvalue weighted by atomic mass is 32.2. The van der Waals surface area contributed by atoms with Crippen LogP contribution in [0.15, 0.2) is 40.6 Å². The van der Waals surface area contributed by atoms with Gasteiger partial charge in [0.2, 0.25) is 0 Å². The SMILES string of the molecule is C[C@@H](O)c1ccc(Sc2ncn[nH]2)cc1. The Morgan fingerprint density at radius 1 is 1.33 bits per heavy atom. The largest absolute Gasteiger partial charge is 0.389 e. The van der Waals surface area contributed by atoms with Crippen molar-refractivity contribution >= 4 is 11.8 Å². The lowest BCUT2D eigenvalue weighted by Crippen LogP contribution is -1.89. The fraction of sp³-hybridized carbons (Fsp3) is 0.200. The number of rotatable bonds is 3. The summed E-state index contributed by atoms with van der Waals surface area (Å²) in [5, 5.41) is 16.6.